The molecule has 0 aliphatic rings. The van der Waals surface area contributed by atoms with E-state index in [2.05, 4.69) is 4.98 Å². The fourth-order valence-corrected chi connectivity index (χ4v) is 2.10. The maximum absolute atomic E-state index is 5.76. The van der Waals surface area contributed by atoms with Crippen LogP contribution in [0.1, 0.15) is 0 Å². The van der Waals surface area contributed by atoms with E-state index in [1.54, 1.807) is 13.3 Å². The molecule has 1 heterocycles. The summed E-state index contributed by atoms with van der Waals surface area (Å²) in [6.07, 6.45) is 1.77. The fourth-order valence-electron chi connectivity index (χ4n) is 1.16. The van der Waals surface area contributed by atoms with Gasteiger partial charge in [-0.05, 0) is 17.7 Å². The average molecular weight is 226 g/mol. The van der Waals surface area contributed by atoms with E-state index in [4.69, 9.17) is 16.3 Å². The molecule has 2 aromatic rings. The van der Waals surface area contributed by atoms with Gasteiger partial charge in [-0.15, -0.1) is 11.3 Å². The van der Waals surface area contributed by atoms with Gasteiger partial charge in [0.2, 0.25) is 0 Å². The summed E-state index contributed by atoms with van der Waals surface area (Å²) < 4.78 is 5.69. The molecule has 4 heteroatoms. The highest BCUT2D eigenvalue weighted by molar-refractivity contribution is 7.18. The van der Waals surface area contributed by atoms with Crippen LogP contribution in [0.25, 0.3) is 10.4 Å². The third-order valence-corrected chi connectivity index (χ3v) is 3.00. The van der Waals surface area contributed by atoms with Crippen LogP contribution in [-0.4, -0.2) is 12.1 Å². The van der Waals surface area contributed by atoms with Crippen LogP contribution >= 0.6 is 22.9 Å². The zero-order chi connectivity index (χ0) is 9.97. The van der Waals surface area contributed by atoms with Gasteiger partial charge in [-0.1, -0.05) is 23.7 Å². The van der Waals surface area contributed by atoms with E-state index >= 15 is 0 Å². The number of halogens is 1. The second-order valence-electron chi connectivity index (χ2n) is 2.71. The number of rotatable bonds is 2. The molecular formula is C10H8ClNOS. The topological polar surface area (TPSA) is 22.1 Å². The van der Waals surface area contributed by atoms with Crippen LogP contribution in [0.15, 0.2) is 30.5 Å². The van der Waals surface area contributed by atoms with Crippen LogP contribution in [0.3, 0.4) is 0 Å². The van der Waals surface area contributed by atoms with E-state index in [-0.39, 0.29) is 0 Å². The number of aromatic nitrogens is 1. The predicted molar refractivity (Wildman–Crippen MR) is 59.1 cm³/mol. The lowest BCUT2D eigenvalue weighted by molar-refractivity contribution is 0.415. The first-order chi connectivity index (χ1) is 6.79. The van der Waals surface area contributed by atoms with Crippen molar-refractivity contribution in [3.63, 3.8) is 0 Å². The largest absolute Gasteiger partial charge is 0.497 e. The number of methoxy groups -OCH3 is 1. The Balaban J connectivity index is 2.41. The van der Waals surface area contributed by atoms with Crippen molar-refractivity contribution in [2.45, 2.75) is 0 Å². The minimum Gasteiger partial charge on any atom is -0.497 e. The Labute approximate surface area is 91.1 Å². The molecule has 0 amide bonds. The van der Waals surface area contributed by atoms with Crippen LogP contribution in [0.2, 0.25) is 4.47 Å². The van der Waals surface area contributed by atoms with Crippen molar-refractivity contribution in [3.8, 4) is 16.2 Å². The third-order valence-electron chi connectivity index (χ3n) is 1.83. The number of thiazole rings is 1. The van der Waals surface area contributed by atoms with Crippen molar-refractivity contribution >= 4 is 22.9 Å². The van der Waals surface area contributed by atoms with Gasteiger partial charge in [-0.2, -0.15) is 0 Å². The van der Waals surface area contributed by atoms with Gasteiger partial charge in [0.1, 0.15) is 5.75 Å². The zero-order valence-electron chi connectivity index (χ0n) is 7.53. The quantitative estimate of drug-likeness (QED) is 0.781. The van der Waals surface area contributed by atoms with Crippen LogP contribution in [0, 0.1) is 0 Å². The number of benzene rings is 1. The molecule has 0 N–H and O–H groups in total. The SMILES string of the molecule is COc1cccc(-c2cnc(Cl)s2)c1. The van der Waals surface area contributed by atoms with Crippen molar-refractivity contribution in [2.75, 3.05) is 7.11 Å². The zero-order valence-corrected chi connectivity index (χ0v) is 9.10. The van der Waals surface area contributed by atoms with Gasteiger partial charge in [0.25, 0.3) is 0 Å². The molecule has 0 saturated carbocycles. The van der Waals surface area contributed by atoms with Crippen molar-refractivity contribution in [2.24, 2.45) is 0 Å². The summed E-state index contributed by atoms with van der Waals surface area (Å²) in [6.45, 7) is 0. The molecule has 0 unspecified atom stereocenters. The summed E-state index contributed by atoms with van der Waals surface area (Å²) in [4.78, 5) is 5.04. The molecule has 0 atom stereocenters. The molecule has 0 radical (unpaired) electrons. The molecule has 0 spiro atoms. The molecule has 0 aliphatic heterocycles. The Morgan fingerprint density at radius 3 is 2.93 bits per heavy atom. The van der Waals surface area contributed by atoms with Gasteiger partial charge in [0.05, 0.1) is 12.0 Å². The summed E-state index contributed by atoms with van der Waals surface area (Å²) in [6, 6.07) is 7.82. The van der Waals surface area contributed by atoms with E-state index in [0.717, 1.165) is 16.2 Å². The molecule has 14 heavy (non-hydrogen) atoms. The molecule has 1 aromatic carbocycles. The molecule has 0 bridgehead atoms. The van der Waals surface area contributed by atoms with Gasteiger partial charge in [-0.25, -0.2) is 4.98 Å². The van der Waals surface area contributed by atoms with Crippen molar-refractivity contribution < 1.29 is 4.74 Å². The lowest BCUT2D eigenvalue weighted by Gasteiger charge is -2.00. The van der Waals surface area contributed by atoms with Gasteiger partial charge in [0, 0.05) is 6.20 Å². The third kappa shape index (κ3) is 1.89. The second kappa shape index (κ2) is 3.98. The van der Waals surface area contributed by atoms with Crippen LogP contribution < -0.4 is 4.74 Å². The summed E-state index contributed by atoms with van der Waals surface area (Å²) in [7, 11) is 1.65. The first-order valence-electron chi connectivity index (χ1n) is 4.05. The Bertz CT molecular complexity index is 441. The first kappa shape index (κ1) is 9.49. The van der Waals surface area contributed by atoms with E-state index in [9.17, 15) is 0 Å². The summed E-state index contributed by atoms with van der Waals surface area (Å²) >= 11 is 7.22. The molecule has 0 aliphatic carbocycles. The maximum atomic E-state index is 5.76. The maximum Gasteiger partial charge on any atom is 0.184 e. The molecule has 2 nitrogen and oxygen atoms in total. The minimum atomic E-state index is 0.558. The van der Waals surface area contributed by atoms with Crippen molar-refractivity contribution in [1.29, 1.82) is 0 Å². The lowest BCUT2D eigenvalue weighted by atomic mass is 10.2. The van der Waals surface area contributed by atoms with E-state index in [1.165, 1.54) is 11.3 Å². The Kier molecular flexibility index (Phi) is 2.70. The van der Waals surface area contributed by atoms with Gasteiger partial charge < -0.3 is 4.74 Å². The van der Waals surface area contributed by atoms with Crippen molar-refractivity contribution in [1.82, 2.24) is 4.98 Å². The van der Waals surface area contributed by atoms with Crippen LogP contribution in [0.4, 0.5) is 0 Å². The monoisotopic (exact) mass is 225 g/mol. The molecular weight excluding hydrogens is 218 g/mol. The van der Waals surface area contributed by atoms with E-state index in [0.29, 0.717) is 4.47 Å². The molecule has 1 aromatic heterocycles. The molecule has 0 fully saturated rings. The summed E-state index contributed by atoms with van der Waals surface area (Å²) in [5, 5.41) is 0. The molecule has 2 rings (SSSR count). The van der Waals surface area contributed by atoms with Crippen LogP contribution in [0.5, 0.6) is 5.75 Å². The number of hydrogen-bond donors (Lipinski definition) is 0. The van der Waals surface area contributed by atoms with Gasteiger partial charge >= 0.3 is 0 Å². The lowest BCUT2D eigenvalue weighted by Crippen LogP contribution is -1.81. The highest BCUT2D eigenvalue weighted by Gasteiger charge is 2.03. The summed E-state index contributed by atoms with van der Waals surface area (Å²) in [5.41, 5.74) is 1.08. The second-order valence-corrected chi connectivity index (χ2v) is 4.32. The fraction of sp³-hybridized carbons (Fsp3) is 0.100. The smallest absolute Gasteiger partial charge is 0.184 e. The minimum absolute atomic E-state index is 0.558. The summed E-state index contributed by atoms with van der Waals surface area (Å²) in [5.74, 6) is 0.840. The normalized spacial score (nSPS) is 10.1. The number of nitrogens with zero attached hydrogens (tertiary/aromatic N) is 1. The Hall–Kier alpha value is -1.06. The van der Waals surface area contributed by atoms with E-state index in [1.807, 2.05) is 24.3 Å². The van der Waals surface area contributed by atoms with Gasteiger partial charge in [-0.3, -0.25) is 0 Å². The average Bonchev–Trinajstić information content (AvgIpc) is 2.65. The number of ether oxygens (including phenoxy) is 1. The molecule has 72 valence electrons. The van der Waals surface area contributed by atoms with Crippen LogP contribution in [-0.2, 0) is 0 Å². The van der Waals surface area contributed by atoms with E-state index < -0.39 is 0 Å². The highest BCUT2D eigenvalue weighted by Crippen LogP contribution is 2.30. The van der Waals surface area contributed by atoms with Crippen molar-refractivity contribution in [3.05, 3.63) is 34.9 Å². The predicted octanol–water partition coefficient (Wildman–Crippen LogP) is 3.47. The standard InChI is InChI=1S/C10H8ClNOS/c1-13-8-4-2-3-7(5-8)9-6-12-10(11)14-9/h2-6H,1H3. The molecule has 0 saturated heterocycles. The number of hydrogen-bond acceptors (Lipinski definition) is 3. The first-order valence-corrected chi connectivity index (χ1v) is 5.25. The Morgan fingerprint density at radius 1 is 1.43 bits per heavy atom. The highest BCUT2D eigenvalue weighted by atomic mass is 35.5. The Morgan fingerprint density at radius 2 is 2.29 bits per heavy atom. The van der Waals surface area contributed by atoms with Gasteiger partial charge in [0.15, 0.2) is 4.47 Å².